The van der Waals surface area contributed by atoms with E-state index in [1.54, 1.807) is 0 Å². The normalized spacial score (nSPS) is 15.8. The molecule has 0 saturated carbocycles. The average molecular weight is 376 g/mol. The van der Waals surface area contributed by atoms with Crippen LogP contribution in [0.3, 0.4) is 0 Å². The van der Waals surface area contributed by atoms with Crippen molar-refractivity contribution >= 4 is 23.3 Å². The third kappa shape index (κ3) is 3.80. The van der Waals surface area contributed by atoms with Crippen molar-refractivity contribution in [2.45, 2.75) is 18.9 Å². The van der Waals surface area contributed by atoms with Gasteiger partial charge in [0, 0.05) is 19.2 Å². The van der Waals surface area contributed by atoms with E-state index in [0.29, 0.717) is 5.69 Å². The summed E-state index contributed by atoms with van der Waals surface area (Å²) in [5, 5.41) is 5.05. The van der Waals surface area contributed by atoms with Crippen LogP contribution in [0, 0.1) is 5.82 Å². The van der Waals surface area contributed by atoms with Crippen LogP contribution in [0.15, 0.2) is 33.9 Å². The lowest BCUT2D eigenvalue weighted by Crippen LogP contribution is -2.43. The van der Waals surface area contributed by atoms with Gasteiger partial charge in [-0.3, -0.25) is 23.9 Å². The van der Waals surface area contributed by atoms with Crippen LogP contribution in [0.2, 0.25) is 0 Å². The maximum atomic E-state index is 13.0. The molecule has 27 heavy (non-hydrogen) atoms. The smallest absolute Gasteiger partial charge is 0.330 e. The quantitative estimate of drug-likeness (QED) is 0.697. The molecule has 9 nitrogen and oxygen atoms in total. The number of ether oxygens (including phenoxy) is 1. The van der Waals surface area contributed by atoms with E-state index >= 15 is 0 Å². The topological polar surface area (TPSA) is 122 Å². The number of fused-ring (bicyclic) bond motifs is 1. The van der Waals surface area contributed by atoms with E-state index in [9.17, 15) is 23.6 Å². The molecule has 1 aliphatic rings. The molecule has 3 rings (SSSR count). The Labute approximate surface area is 152 Å². The SMILES string of the molecule is COCCn1c2c(c(=O)[nH]c1=O)[C@H](C(=O)Nc1ccc(F)cc1)CC(=O)N2. The van der Waals surface area contributed by atoms with Crippen molar-refractivity contribution in [1.82, 2.24) is 9.55 Å². The van der Waals surface area contributed by atoms with Crippen LogP contribution in [0.5, 0.6) is 0 Å². The fourth-order valence-corrected chi connectivity index (χ4v) is 2.90. The molecule has 142 valence electrons. The maximum Gasteiger partial charge on any atom is 0.330 e. The van der Waals surface area contributed by atoms with Crippen molar-refractivity contribution in [1.29, 1.82) is 0 Å². The first-order chi connectivity index (χ1) is 12.9. The van der Waals surface area contributed by atoms with Gasteiger partial charge < -0.3 is 15.4 Å². The second-order valence-electron chi connectivity index (χ2n) is 5.97. The molecule has 2 aromatic rings. The van der Waals surface area contributed by atoms with Crippen molar-refractivity contribution in [3.8, 4) is 0 Å². The fourth-order valence-electron chi connectivity index (χ4n) is 2.90. The Balaban J connectivity index is 2.00. The van der Waals surface area contributed by atoms with Crippen molar-refractivity contribution in [3.63, 3.8) is 0 Å². The second-order valence-corrected chi connectivity index (χ2v) is 5.97. The average Bonchev–Trinajstić information content (AvgIpc) is 2.62. The number of aromatic amines is 1. The van der Waals surface area contributed by atoms with Crippen LogP contribution in [0.1, 0.15) is 17.9 Å². The van der Waals surface area contributed by atoms with Crippen molar-refractivity contribution in [2.75, 3.05) is 24.4 Å². The highest BCUT2D eigenvalue weighted by molar-refractivity contribution is 6.04. The van der Waals surface area contributed by atoms with E-state index in [2.05, 4.69) is 15.6 Å². The first-order valence-corrected chi connectivity index (χ1v) is 8.13. The zero-order chi connectivity index (χ0) is 19.6. The Hall–Kier alpha value is -3.27. The van der Waals surface area contributed by atoms with Gasteiger partial charge in [0.15, 0.2) is 0 Å². The Bertz CT molecular complexity index is 996. The zero-order valence-electron chi connectivity index (χ0n) is 14.4. The summed E-state index contributed by atoms with van der Waals surface area (Å²) in [5.74, 6) is -2.69. The van der Waals surface area contributed by atoms with Crippen molar-refractivity contribution in [3.05, 3.63) is 56.5 Å². The third-order valence-corrected chi connectivity index (χ3v) is 4.18. The molecule has 1 aromatic carbocycles. The number of benzene rings is 1. The summed E-state index contributed by atoms with van der Waals surface area (Å²) in [6, 6.07) is 5.07. The number of anilines is 2. The highest BCUT2D eigenvalue weighted by Crippen LogP contribution is 2.29. The molecule has 1 aromatic heterocycles. The number of H-pyrrole nitrogens is 1. The number of halogens is 1. The number of hydrogen-bond donors (Lipinski definition) is 3. The lowest BCUT2D eigenvalue weighted by Gasteiger charge is -2.26. The Kier molecular flexibility index (Phi) is 5.17. The van der Waals surface area contributed by atoms with E-state index in [0.717, 1.165) is 4.57 Å². The summed E-state index contributed by atoms with van der Waals surface area (Å²) in [5.41, 5.74) is -1.15. The predicted octanol–water partition coefficient (Wildman–Crippen LogP) is 0.387. The summed E-state index contributed by atoms with van der Waals surface area (Å²) in [4.78, 5) is 51.4. The van der Waals surface area contributed by atoms with Gasteiger partial charge in [0.2, 0.25) is 11.8 Å². The van der Waals surface area contributed by atoms with Crippen LogP contribution in [-0.4, -0.2) is 35.1 Å². The number of rotatable bonds is 5. The molecule has 1 aliphatic heterocycles. The van der Waals surface area contributed by atoms with Gasteiger partial charge in [-0.1, -0.05) is 0 Å². The Morgan fingerprint density at radius 1 is 1.30 bits per heavy atom. The summed E-state index contributed by atoms with van der Waals surface area (Å²) in [7, 11) is 1.45. The van der Waals surface area contributed by atoms with Crippen molar-refractivity contribution in [2.24, 2.45) is 0 Å². The van der Waals surface area contributed by atoms with E-state index < -0.39 is 34.8 Å². The monoisotopic (exact) mass is 376 g/mol. The van der Waals surface area contributed by atoms with Crippen LogP contribution in [0.4, 0.5) is 15.9 Å². The summed E-state index contributed by atoms with van der Waals surface area (Å²) in [6.07, 6.45) is -0.258. The van der Waals surface area contributed by atoms with Crippen LogP contribution >= 0.6 is 0 Å². The molecule has 0 spiro atoms. The highest BCUT2D eigenvalue weighted by atomic mass is 19.1. The standard InChI is InChI=1S/C17H17FN4O5/c1-27-7-6-22-14-13(16(25)21-17(22)26)11(8-12(23)20-14)15(24)19-10-4-2-9(18)3-5-10/h2-5,11H,6-8H2,1H3,(H,19,24)(H,20,23)(H,21,25,26)/t11-/m1/s1. The number of amides is 2. The molecule has 0 saturated heterocycles. The summed E-state index contributed by atoms with van der Waals surface area (Å²) < 4.78 is 19.1. The molecule has 0 unspecified atom stereocenters. The number of carbonyl (C=O) groups excluding carboxylic acids is 2. The summed E-state index contributed by atoms with van der Waals surface area (Å²) >= 11 is 0. The molecule has 3 N–H and O–H groups in total. The number of carbonyl (C=O) groups is 2. The molecule has 0 radical (unpaired) electrons. The van der Waals surface area contributed by atoms with Gasteiger partial charge in [-0.25, -0.2) is 9.18 Å². The largest absolute Gasteiger partial charge is 0.383 e. The zero-order valence-corrected chi connectivity index (χ0v) is 14.4. The number of methoxy groups -OCH3 is 1. The van der Waals surface area contributed by atoms with E-state index in [1.165, 1.54) is 31.4 Å². The minimum Gasteiger partial charge on any atom is -0.383 e. The molecule has 0 aliphatic carbocycles. The maximum absolute atomic E-state index is 13.0. The fraction of sp³-hybridized carbons (Fsp3) is 0.294. The third-order valence-electron chi connectivity index (χ3n) is 4.18. The van der Waals surface area contributed by atoms with Crippen LogP contribution < -0.4 is 21.9 Å². The van der Waals surface area contributed by atoms with Gasteiger partial charge >= 0.3 is 5.69 Å². The van der Waals surface area contributed by atoms with Gasteiger partial charge in [-0.05, 0) is 24.3 Å². The summed E-state index contributed by atoms with van der Waals surface area (Å²) in [6.45, 7) is 0.252. The number of nitrogens with one attached hydrogen (secondary N) is 3. The number of nitrogens with zero attached hydrogens (tertiary/aromatic N) is 1. The molecule has 2 heterocycles. The molecule has 1 atom stereocenters. The molecule has 10 heteroatoms. The van der Waals surface area contributed by atoms with Gasteiger partial charge in [-0.2, -0.15) is 0 Å². The molecule has 0 fully saturated rings. The lowest BCUT2D eigenvalue weighted by atomic mass is 9.92. The van der Waals surface area contributed by atoms with Gasteiger partial charge in [0.05, 0.1) is 24.6 Å². The lowest BCUT2D eigenvalue weighted by molar-refractivity contribution is -0.123. The first kappa shape index (κ1) is 18.5. The molecule has 2 amide bonds. The van der Waals surface area contributed by atoms with Crippen LogP contribution in [-0.2, 0) is 20.9 Å². The number of hydrogen-bond acceptors (Lipinski definition) is 5. The van der Waals surface area contributed by atoms with Gasteiger partial charge in [-0.15, -0.1) is 0 Å². The number of aromatic nitrogens is 2. The van der Waals surface area contributed by atoms with Crippen molar-refractivity contribution < 1.29 is 18.7 Å². The highest BCUT2D eigenvalue weighted by Gasteiger charge is 2.35. The molecule has 0 bridgehead atoms. The van der Waals surface area contributed by atoms with Gasteiger partial charge in [0.25, 0.3) is 5.56 Å². The minimum atomic E-state index is -1.10. The van der Waals surface area contributed by atoms with Crippen LogP contribution in [0.25, 0.3) is 0 Å². The van der Waals surface area contributed by atoms with E-state index in [-0.39, 0.29) is 31.0 Å². The minimum absolute atomic E-state index is 0.00934. The first-order valence-electron chi connectivity index (χ1n) is 8.13. The molecular formula is C17H17FN4O5. The Morgan fingerprint density at radius 3 is 2.67 bits per heavy atom. The molecular weight excluding hydrogens is 359 g/mol. The second kappa shape index (κ2) is 7.54. The van der Waals surface area contributed by atoms with Gasteiger partial charge in [0.1, 0.15) is 11.6 Å². The van der Waals surface area contributed by atoms with E-state index in [4.69, 9.17) is 4.74 Å². The van der Waals surface area contributed by atoms with E-state index in [1.807, 2.05) is 0 Å². The Morgan fingerprint density at radius 2 is 2.00 bits per heavy atom. The predicted molar refractivity (Wildman–Crippen MR) is 94.2 cm³/mol.